The number of ether oxygens (including phenoxy) is 1. The van der Waals surface area contributed by atoms with Crippen molar-refractivity contribution in [1.29, 1.82) is 0 Å². The molecule has 0 spiro atoms. The topological polar surface area (TPSA) is 15.7 Å². The van der Waals surface area contributed by atoms with Crippen LogP contribution in [0, 0.1) is 0 Å². The average molecular weight is 355 g/mol. The maximum absolute atomic E-state index is 6.18. The second-order valence-electron chi connectivity index (χ2n) is 6.84. The van der Waals surface area contributed by atoms with E-state index in [-0.39, 0.29) is 6.35 Å². The Labute approximate surface area is 158 Å². The molecular formula is C22H46N2O. The van der Waals surface area contributed by atoms with Gasteiger partial charge in [0.15, 0.2) is 6.35 Å². The van der Waals surface area contributed by atoms with E-state index in [1.54, 1.807) is 0 Å². The van der Waals surface area contributed by atoms with Gasteiger partial charge < -0.3 is 4.74 Å². The van der Waals surface area contributed by atoms with Gasteiger partial charge >= 0.3 is 0 Å². The number of unbranched alkanes of at least 4 members (excludes halogenated alkanes) is 8. The van der Waals surface area contributed by atoms with Gasteiger partial charge in [-0.25, -0.2) is 0 Å². The average Bonchev–Trinajstić information content (AvgIpc) is 2.64. The van der Waals surface area contributed by atoms with E-state index in [9.17, 15) is 0 Å². The van der Waals surface area contributed by atoms with Crippen LogP contribution < -0.4 is 0 Å². The second-order valence-corrected chi connectivity index (χ2v) is 6.84. The number of hydrogen-bond donors (Lipinski definition) is 0. The third kappa shape index (κ3) is 12.6. The Bertz CT molecular complexity index is 274. The van der Waals surface area contributed by atoms with Crippen LogP contribution >= 0.6 is 0 Å². The van der Waals surface area contributed by atoms with Gasteiger partial charge in [-0.05, 0) is 39.0 Å². The highest BCUT2D eigenvalue weighted by Gasteiger charge is 2.21. The molecule has 0 aromatic rings. The summed E-state index contributed by atoms with van der Waals surface area (Å²) in [5.74, 6) is 0. The molecule has 0 aliphatic heterocycles. The van der Waals surface area contributed by atoms with Crippen LogP contribution in [0.2, 0.25) is 0 Å². The zero-order chi connectivity index (χ0) is 18.8. The minimum absolute atomic E-state index is 0.109. The van der Waals surface area contributed by atoms with Crippen molar-refractivity contribution in [2.24, 2.45) is 0 Å². The summed E-state index contributed by atoms with van der Waals surface area (Å²) in [5, 5.41) is 0. The van der Waals surface area contributed by atoms with Crippen molar-refractivity contribution in [1.82, 2.24) is 9.80 Å². The van der Waals surface area contributed by atoms with Crippen LogP contribution in [-0.2, 0) is 4.74 Å². The van der Waals surface area contributed by atoms with Crippen LogP contribution in [0.3, 0.4) is 0 Å². The van der Waals surface area contributed by atoms with Gasteiger partial charge in [-0.3, -0.25) is 9.80 Å². The van der Waals surface area contributed by atoms with Crippen molar-refractivity contribution in [2.75, 3.05) is 32.8 Å². The van der Waals surface area contributed by atoms with Crippen molar-refractivity contribution >= 4 is 0 Å². The first kappa shape index (κ1) is 24.6. The number of nitrogens with zero attached hydrogens (tertiary/aromatic N) is 2. The van der Waals surface area contributed by atoms with Crippen molar-refractivity contribution in [3.63, 3.8) is 0 Å². The van der Waals surface area contributed by atoms with Crippen LogP contribution in [0.4, 0.5) is 0 Å². The molecule has 0 bridgehead atoms. The predicted octanol–water partition coefficient (Wildman–Crippen LogP) is 6.06. The lowest BCUT2D eigenvalue weighted by Crippen LogP contribution is -2.50. The maximum atomic E-state index is 6.18. The summed E-state index contributed by atoms with van der Waals surface area (Å²) >= 11 is 0. The van der Waals surface area contributed by atoms with Gasteiger partial charge in [0.25, 0.3) is 0 Å². The van der Waals surface area contributed by atoms with Crippen molar-refractivity contribution < 1.29 is 4.74 Å². The largest absolute Gasteiger partial charge is 0.345 e. The van der Waals surface area contributed by atoms with Gasteiger partial charge in [0, 0.05) is 0 Å². The fraction of sp³-hybridized carbons (Fsp3) is 0.909. The normalized spacial score (nSPS) is 12.3. The zero-order valence-electron chi connectivity index (χ0n) is 17.9. The molecule has 0 aliphatic carbocycles. The van der Waals surface area contributed by atoms with E-state index < -0.39 is 0 Å². The molecule has 0 aromatic heterocycles. The lowest BCUT2D eigenvalue weighted by Gasteiger charge is -2.37. The number of rotatable bonds is 18. The Kier molecular flexibility index (Phi) is 18.1. The molecule has 0 saturated carbocycles. The Balaban J connectivity index is 3.86. The van der Waals surface area contributed by atoms with Crippen molar-refractivity contribution in [3.05, 3.63) is 12.2 Å². The highest BCUT2D eigenvalue weighted by molar-refractivity contribution is 4.81. The molecule has 0 rings (SSSR count). The highest BCUT2D eigenvalue weighted by Crippen LogP contribution is 2.10. The Hall–Kier alpha value is -0.380. The molecule has 150 valence electrons. The molecule has 0 saturated heterocycles. The first-order chi connectivity index (χ1) is 12.2. The van der Waals surface area contributed by atoms with Gasteiger partial charge in [-0.1, -0.05) is 91.7 Å². The molecule has 0 aliphatic rings. The SMILES string of the molecule is CCCCCCCCCCC=CCOC(N(CC)CC)N(CC)CC. The highest BCUT2D eigenvalue weighted by atomic mass is 16.5. The molecule has 0 unspecified atom stereocenters. The maximum Gasteiger partial charge on any atom is 0.168 e. The minimum atomic E-state index is 0.109. The van der Waals surface area contributed by atoms with Gasteiger partial charge in [-0.15, -0.1) is 0 Å². The molecule has 0 amide bonds. The van der Waals surface area contributed by atoms with Crippen LogP contribution in [0.5, 0.6) is 0 Å². The summed E-state index contributed by atoms with van der Waals surface area (Å²) in [4.78, 5) is 4.78. The van der Waals surface area contributed by atoms with Crippen molar-refractivity contribution in [3.8, 4) is 0 Å². The van der Waals surface area contributed by atoms with E-state index in [1.165, 1.54) is 57.8 Å². The van der Waals surface area contributed by atoms with Gasteiger partial charge in [0.2, 0.25) is 0 Å². The van der Waals surface area contributed by atoms with Gasteiger partial charge in [-0.2, -0.15) is 0 Å². The monoisotopic (exact) mass is 354 g/mol. The fourth-order valence-corrected chi connectivity index (χ4v) is 3.24. The summed E-state index contributed by atoms with van der Waals surface area (Å²) in [7, 11) is 0. The van der Waals surface area contributed by atoms with E-state index in [4.69, 9.17) is 4.74 Å². The van der Waals surface area contributed by atoms with E-state index in [0.29, 0.717) is 6.61 Å². The van der Waals surface area contributed by atoms with Gasteiger partial charge in [0.05, 0.1) is 6.61 Å². The molecule has 0 aromatic carbocycles. The standard InChI is InChI=1S/C22H46N2O/c1-6-11-12-13-14-15-16-17-18-19-20-21-25-22(23(7-2)8-3)24(9-4)10-5/h19-20,22H,6-18,21H2,1-5H3. The third-order valence-corrected chi connectivity index (χ3v) is 4.98. The molecule has 25 heavy (non-hydrogen) atoms. The summed E-state index contributed by atoms with van der Waals surface area (Å²) in [6.45, 7) is 15.9. The smallest absolute Gasteiger partial charge is 0.168 e. The molecule has 0 N–H and O–H groups in total. The summed E-state index contributed by atoms with van der Waals surface area (Å²) < 4.78 is 6.18. The van der Waals surface area contributed by atoms with E-state index in [2.05, 4.69) is 56.6 Å². The molecule has 3 nitrogen and oxygen atoms in total. The van der Waals surface area contributed by atoms with Crippen LogP contribution in [0.25, 0.3) is 0 Å². The number of allylic oxidation sites excluding steroid dienone is 1. The molecular weight excluding hydrogens is 308 g/mol. The molecule has 0 radical (unpaired) electrons. The molecule has 0 heterocycles. The Morgan fingerprint density at radius 3 is 1.60 bits per heavy atom. The summed E-state index contributed by atoms with van der Waals surface area (Å²) in [6, 6.07) is 0. The zero-order valence-corrected chi connectivity index (χ0v) is 17.9. The molecule has 0 atom stereocenters. The first-order valence-electron chi connectivity index (χ1n) is 11.0. The lowest BCUT2D eigenvalue weighted by molar-refractivity contribution is -0.140. The van der Waals surface area contributed by atoms with Crippen LogP contribution in [0.15, 0.2) is 12.2 Å². The minimum Gasteiger partial charge on any atom is -0.345 e. The summed E-state index contributed by atoms with van der Waals surface area (Å²) in [6.07, 6.45) is 16.9. The lowest BCUT2D eigenvalue weighted by atomic mass is 10.1. The predicted molar refractivity (Wildman–Crippen MR) is 112 cm³/mol. The molecule has 3 heteroatoms. The Morgan fingerprint density at radius 1 is 0.640 bits per heavy atom. The van der Waals surface area contributed by atoms with Gasteiger partial charge in [0.1, 0.15) is 0 Å². The van der Waals surface area contributed by atoms with Crippen LogP contribution in [-0.4, -0.2) is 48.9 Å². The first-order valence-corrected chi connectivity index (χ1v) is 11.0. The summed E-state index contributed by atoms with van der Waals surface area (Å²) in [5.41, 5.74) is 0. The van der Waals surface area contributed by atoms with Crippen LogP contribution in [0.1, 0.15) is 92.4 Å². The quantitative estimate of drug-likeness (QED) is 0.169. The second kappa shape index (κ2) is 18.4. The van der Waals surface area contributed by atoms with Crippen molar-refractivity contribution in [2.45, 2.75) is 98.8 Å². The van der Waals surface area contributed by atoms with E-state index >= 15 is 0 Å². The number of hydrogen-bond acceptors (Lipinski definition) is 3. The Morgan fingerprint density at radius 2 is 1.12 bits per heavy atom. The fourth-order valence-electron chi connectivity index (χ4n) is 3.24. The van der Waals surface area contributed by atoms with E-state index in [1.807, 2.05) is 0 Å². The van der Waals surface area contributed by atoms with E-state index in [0.717, 1.165) is 26.2 Å². The molecule has 0 fully saturated rings. The third-order valence-electron chi connectivity index (χ3n) is 4.98.